The number of phenolic OH excluding ortho intramolecular Hbond substituents is 1. The van der Waals surface area contributed by atoms with Crippen molar-refractivity contribution >= 4 is 57.4 Å². The van der Waals surface area contributed by atoms with Gasteiger partial charge in [0.2, 0.25) is 0 Å². The van der Waals surface area contributed by atoms with Gasteiger partial charge in [0, 0.05) is 0 Å². The maximum atomic E-state index is 11.4. The first-order valence-electron chi connectivity index (χ1n) is 4.70. The number of rotatable bonds is 4. The maximum absolute atomic E-state index is 11.4. The number of hydrogen-bond acceptors (Lipinski definition) is 3. The van der Waals surface area contributed by atoms with Crippen molar-refractivity contribution in [1.82, 2.24) is 0 Å². The molecule has 1 N–H and O–H groups in total. The summed E-state index contributed by atoms with van der Waals surface area (Å²) in [6, 6.07) is 6.37. The number of carbonyl (C=O) groups excluding carboxylic acids is 1. The van der Waals surface area contributed by atoms with Crippen LogP contribution in [-0.2, 0) is 4.74 Å². The molecule has 4 heteroatoms. The van der Waals surface area contributed by atoms with Crippen molar-refractivity contribution in [2.45, 2.75) is 19.8 Å². The third kappa shape index (κ3) is 5.13. The second kappa shape index (κ2) is 8.30. The Balaban J connectivity index is 0.00000196. The van der Waals surface area contributed by atoms with E-state index in [4.69, 9.17) is 4.74 Å². The monoisotopic (exact) mass is 234 g/mol. The third-order valence-corrected chi connectivity index (χ3v) is 1.86. The van der Waals surface area contributed by atoms with Crippen LogP contribution in [0.3, 0.4) is 0 Å². The first-order valence-corrected chi connectivity index (χ1v) is 4.70. The summed E-state index contributed by atoms with van der Waals surface area (Å²) >= 11 is 0. The number of carbonyl (C=O) groups is 1. The van der Waals surface area contributed by atoms with Crippen LogP contribution >= 0.6 is 0 Å². The van der Waals surface area contributed by atoms with Crippen LogP contribution in [0, 0.1) is 0 Å². The molecule has 0 saturated carbocycles. The van der Waals surface area contributed by atoms with Gasteiger partial charge in [-0.2, -0.15) is 0 Å². The zero-order valence-electron chi connectivity index (χ0n) is 8.19. The van der Waals surface area contributed by atoms with E-state index in [0.717, 1.165) is 12.8 Å². The van der Waals surface area contributed by atoms with Crippen molar-refractivity contribution in [3.63, 3.8) is 0 Å². The number of para-hydroxylation sites is 1. The normalized spacial score (nSPS) is 9.13. The van der Waals surface area contributed by atoms with E-state index in [0.29, 0.717) is 6.61 Å². The average Bonchev–Trinajstić information content (AvgIpc) is 2.18. The zero-order valence-corrected chi connectivity index (χ0v) is 8.19. The minimum absolute atomic E-state index is 0. The van der Waals surface area contributed by atoms with Crippen LogP contribution in [0.1, 0.15) is 30.1 Å². The van der Waals surface area contributed by atoms with Gasteiger partial charge in [-0.1, -0.05) is 25.5 Å². The Morgan fingerprint density at radius 3 is 2.67 bits per heavy atom. The van der Waals surface area contributed by atoms with Gasteiger partial charge < -0.3 is 9.84 Å². The molecule has 0 bridgehead atoms. The van der Waals surface area contributed by atoms with E-state index in [-0.39, 0.29) is 62.7 Å². The summed E-state index contributed by atoms with van der Waals surface area (Å²) in [5.41, 5.74) is 0.226. The summed E-state index contributed by atoms with van der Waals surface area (Å²) in [4.78, 5) is 11.4. The molecule has 0 spiro atoms. The number of ether oxygens (including phenoxy) is 1. The van der Waals surface area contributed by atoms with E-state index in [1.54, 1.807) is 18.2 Å². The molecule has 0 aromatic heterocycles. The van der Waals surface area contributed by atoms with Crippen LogP contribution in [0.25, 0.3) is 0 Å². The summed E-state index contributed by atoms with van der Waals surface area (Å²) < 4.78 is 4.95. The Labute approximate surface area is 132 Å². The van der Waals surface area contributed by atoms with E-state index < -0.39 is 5.97 Å². The molecular weight excluding hydrogens is 219 g/mol. The molecule has 0 radical (unpaired) electrons. The van der Waals surface area contributed by atoms with E-state index in [2.05, 4.69) is 0 Å². The fourth-order valence-electron chi connectivity index (χ4n) is 1.03. The Hall–Kier alpha value is 0.126. The van der Waals surface area contributed by atoms with Gasteiger partial charge in [-0.25, -0.2) is 4.79 Å². The van der Waals surface area contributed by atoms with Crippen molar-refractivity contribution in [2.75, 3.05) is 6.61 Å². The molecule has 0 atom stereocenters. The first kappa shape index (κ1) is 15.1. The number of hydrogen-bond donors (Lipinski definition) is 1. The first-order chi connectivity index (χ1) is 6.75. The molecule has 0 amide bonds. The second-order valence-electron chi connectivity index (χ2n) is 3.01. The molecule has 0 aliphatic rings. The molecule has 0 aliphatic carbocycles. The van der Waals surface area contributed by atoms with E-state index in [1.165, 1.54) is 6.07 Å². The SMILES string of the molecule is CCCCOC(=O)c1ccccc1O.[KH]. The van der Waals surface area contributed by atoms with Crippen molar-refractivity contribution in [3.05, 3.63) is 29.8 Å². The molecule has 15 heavy (non-hydrogen) atoms. The van der Waals surface area contributed by atoms with Gasteiger partial charge in [-0.15, -0.1) is 0 Å². The third-order valence-electron chi connectivity index (χ3n) is 1.86. The molecular formula is C11H15KO3. The van der Waals surface area contributed by atoms with Crippen LogP contribution in [0.15, 0.2) is 24.3 Å². The van der Waals surface area contributed by atoms with Crippen molar-refractivity contribution < 1.29 is 14.6 Å². The quantitative estimate of drug-likeness (QED) is 0.490. The summed E-state index contributed by atoms with van der Waals surface area (Å²) in [5.74, 6) is -0.495. The molecule has 3 nitrogen and oxygen atoms in total. The van der Waals surface area contributed by atoms with Gasteiger partial charge in [0.25, 0.3) is 0 Å². The van der Waals surface area contributed by atoms with Gasteiger partial charge in [0.05, 0.1) is 6.61 Å². The van der Waals surface area contributed by atoms with Crippen LogP contribution in [0.4, 0.5) is 0 Å². The molecule has 1 rings (SSSR count). The Bertz CT molecular complexity index is 312. The summed E-state index contributed by atoms with van der Waals surface area (Å²) in [5, 5.41) is 9.34. The zero-order chi connectivity index (χ0) is 10.4. The average molecular weight is 234 g/mol. The van der Waals surface area contributed by atoms with Crippen molar-refractivity contribution in [1.29, 1.82) is 0 Å². The second-order valence-corrected chi connectivity index (χ2v) is 3.01. The van der Waals surface area contributed by atoms with E-state index >= 15 is 0 Å². The molecule has 0 unspecified atom stereocenters. The summed E-state index contributed by atoms with van der Waals surface area (Å²) in [6.07, 6.45) is 1.83. The number of esters is 1. The van der Waals surface area contributed by atoms with E-state index in [1.807, 2.05) is 6.92 Å². The van der Waals surface area contributed by atoms with Crippen molar-refractivity contribution in [3.8, 4) is 5.75 Å². The fraction of sp³-hybridized carbons (Fsp3) is 0.364. The van der Waals surface area contributed by atoms with Crippen LogP contribution in [0.2, 0.25) is 0 Å². The number of aromatic hydroxyl groups is 1. The van der Waals surface area contributed by atoms with Gasteiger partial charge in [-0.3, -0.25) is 0 Å². The standard InChI is InChI=1S/C11H14O3.K.H/c1-2-3-8-14-11(13)9-6-4-5-7-10(9)12;;/h4-7,12H,2-3,8H2,1H3;;. The van der Waals surface area contributed by atoms with Gasteiger partial charge >= 0.3 is 57.4 Å². The molecule has 0 saturated heterocycles. The molecule has 1 aromatic carbocycles. The van der Waals surface area contributed by atoms with Crippen LogP contribution < -0.4 is 0 Å². The summed E-state index contributed by atoms with van der Waals surface area (Å²) in [6.45, 7) is 2.43. The predicted octanol–water partition coefficient (Wildman–Crippen LogP) is 1.70. The molecule has 1 aromatic rings. The number of benzene rings is 1. The number of unbranched alkanes of at least 4 members (excludes halogenated alkanes) is 1. The summed E-state index contributed by atoms with van der Waals surface area (Å²) in [7, 11) is 0. The van der Waals surface area contributed by atoms with Gasteiger partial charge in [0.15, 0.2) is 0 Å². The Morgan fingerprint density at radius 1 is 1.40 bits per heavy atom. The topological polar surface area (TPSA) is 46.5 Å². The molecule has 0 aliphatic heterocycles. The van der Waals surface area contributed by atoms with Crippen LogP contribution in [-0.4, -0.2) is 69.1 Å². The molecule has 0 fully saturated rings. The molecule has 78 valence electrons. The van der Waals surface area contributed by atoms with Crippen molar-refractivity contribution in [2.24, 2.45) is 0 Å². The Kier molecular flexibility index (Phi) is 8.37. The van der Waals surface area contributed by atoms with Crippen LogP contribution in [0.5, 0.6) is 5.75 Å². The fourth-order valence-corrected chi connectivity index (χ4v) is 1.03. The molecule has 0 heterocycles. The minimum atomic E-state index is -0.462. The van der Waals surface area contributed by atoms with E-state index in [9.17, 15) is 9.90 Å². The number of phenols is 1. The Morgan fingerprint density at radius 2 is 2.07 bits per heavy atom. The van der Waals surface area contributed by atoms with Gasteiger partial charge in [-0.05, 0) is 18.6 Å². The predicted molar refractivity (Wildman–Crippen MR) is 60.4 cm³/mol. The van der Waals surface area contributed by atoms with Gasteiger partial charge in [0.1, 0.15) is 11.3 Å².